The second kappa shape index (κ2) is 5.33. The van der Waals surface area contributed by atoms with Gasteiger partial charge in [-0.05, 0) is 22.0 Å². The Morgan fingerprint density at radius 1 is 1.20 bits per heavy atom. The third-order valence-corrected chi connectivity index (χ3v) is 4.33. The first-order chi connectivity index (χ1) is 9.31. The van der Waals surface area contributed by atoms with Gasteiger partial charge in [0.15, 0.2) is 4.90 Å². The Labute approximate surface area is 120 Å². The van der Waals surface area contributed by atoms with Crippen LogP contribution in [0.25, 0.3) is 0 Å². The number of hydrogen-bond donors (Lipinski definition) is 2. The van der Waals surface area contributed by atoms with E-state index in [1.54, 1.807) is 0 Å². The van der Waals surface area contributed by atoms with E-state index in [9.17, 15) is 22.0 Å². The maximum absolute atomic E-state index is 13.6. The van der Waals surface area contributed by atoms with Gasteiger partial charge in [-0.3, -0.25) is 9.52 Å². The van der Waals surface area contributed by atoms with Crippen LogP contribution in [0.5, 0.6) is 0 Å². The van der Waals surface area contributed by atoms with Crippen molar-refractivity contribution >= 4 is 31.6 Å². The van der Waals surface area contributed by atoms with Crippen LogP contribution in [0.3, 0.4) is 0 Å². The highest BCUT2D eigenvalue weighted by atomic mass is 79.9. The molecule has 0 unspecified atom stereocenters. The summed E-state index contributed by atoms with van der Waals surface area (Å²) in [7, 11) is -4.31. The fourth-order valence-electron chi connectivity index (χ4n) is 1.41. The number of aromatic amines is 1. The molecule has 0 atom stereocenters. The summed E-state index contributed by atoms with van der Waals surface area (Å²) in [4.78, 5) is 13.3. The van der Waals surface area contributed by atoms with Gasteiger partial charge in [0.25, 0.3) is 10.0 Å². The van der Waals surface area contributed by atoms with Crippen LogP contribution >= 0.6 is 15.9 Å². The SMILES string of the molecule is O=c1cc[nH]cc1S(=O)(=O)Nc1cc(F)c(Br)cc1F. The Kier molecular flexibility index (Phi) is 3.91. The molecule has 2 rings (SSSR count). The van der Waals surface area contributed by atoms with E-state index in [1.165, 1.54) is 6.20 Å². The van der Waals surface area contributed by atoms with E-state index >= 15 is 0 Å². The Hall–Kier alpha value is -1.74. The number of pyridine rings is 1. The highest BCUT2D eigenvalue weighted by Crippen LogP contribution is 2.24. The molecule has 0 spiro atoms. The molecule has 5 nitrogen and oxygen atoms in total. The Morgan fingerprint density at radius 3 is 2.55 bits per heavy atom. The lowest BCUT2D eigenvalue weighted by Crippen LogP contribution is -2.21. The number of nitrogens with one attached hydrogen (secondary N) is 2. The van der Waals surface area contributed by atoms with Gasteiger partial charge in [0.2, 0.25) is 5.43 Å². The van der Waals surface area contributed by atoms with Gasteiger partial charge in [-0.15, -0.1) is 0 Å². The van der Waals surface area contributed by atoms with Gasteiger partial charge in [0, 0.05) is 24.5 Å². The lowest BCUT2D eigenvalue weighted by molar-refractivity contribution is 0.591. The molecular weight excluding hydrogens is 358 g/mol. The van der Waals surface area contributed by atoms with Crippen LogP contribution in [0.1, 0.15) is 0 Å². The van der Waals surface area contributed by atoms with Crippen LogP contribution in [0.4, 0.5) is 14.5 Å². The monoisotopic (exact) mass is 364 g/mol. The molecule has 2 aromatic rings. The molecule has 2 N–H and O–H groups in total. The van der Waals surface area contributed by atoms with Gasteiger partial charge in [-0.25, -0.2) is 17.2 Å². The van der Waals surface area contributed by atoms with Crippen molar-refractivity contribution in [3.05, 3.63) is 56.9 Å². The zero-order chi connectivity index (χ0) is 14.9. The summed E-state index contributed by atoms with van der Waals surface area (Å²) >= 11 is 2.77. The Balaban J connectivity index is 2.47. The van der Waals surface area contributed by atoms with E-state index < -0.39 is 37.7 Å². The zero-order valence-corrected chi connectivity index (χ0v) is 12.1. The molecule has 0 aliphatic rings. The molecule has 20 heavy (non-hydrogen) atoms. The standard InChI is InChI=1S/C11H7BrF2N2O3S/c12-6-3-8(14)9(4-7(6)13)16-20(18,19)11-5-15-2-1-10(11)17/h1-5,16H,(H,15,17). The van der Waals surface area contributed by atoms with Crippen molar-refractivity contribution in [2.45, 2.75) is 4.90 Å². The molecule has 0 aliphatic carbocycles. The normalized spacial score (nSPS) is 11.3. The first-order valence-electron chi connectivity index (χ1n) is 5.16. The van der Waals surface area contributed by atoms with E-state index in [0.29, 0.717) is 6.07 Å². The van der Waals surface area contributed by atoms with Gasteiger partial charge in [-0.2, -0.15) is 0 Å². The quantitative estimate of drug-likeness (QED) is 0.819. The van der Waals surface area contributed by atoms with E-state index in [0.717, 1.165) is 18.3 Å². The van der Waals surface area contributed by atoms with Crippen molar-refractivity contribution in [1.82, 2.24) is 4.98 Å². The highest BCUT2D eigenvalue weighted by molar-refractivity contribution is 9.10. The van der Waals surface area contributed by atoms with Crippen molar-refractivity contribution in [3.63, 3.8) is 0 Å². The predicted molar refractivity (Wildman–Crippen MR) is 71.9 cm³/mol. The molecule has 0 fully saturated rings. The number of aromatic nitrogens is 1. The lowest BCUT2D eigenvalue weighted by Gasteiger charge is -2.09. The van der Waals surface area contributed by atoms with Crippen LogP contribution in [0, 0.1) is 11.6 Å². The van der Waals surface area contributed by atoms with E-state index in [-0.39, 0.29) is 4.47 Å². The topological polar surface area (TPSA) is 79.0 Å². The summed E-state index contributed by atoms with van der Waals surface area (Å²) in [5.41, 5.74) is -1.36. The smallest absolute Gasteiger partial charge is 0.267 e. The summed E-state index contributed by atoms with van der Waals surface area (Å²) in [5.74, 6) is -1.82. The number of rotatable bonds is 3. The number of hydrogen-bond acceptors (Lipinski definition) is 3. The zero-order valence-electron chi connectivity index (χ0n) is 9.65. The minimum atomic E-state index is -4.31. The summed E-state index contributed by atoms with van der Waals surface area (Å²) in [6, 6.07) is 2.46. The summed E-state index contributed by atoms with van der Waals surface area (Å²) in [6.45, 7) is 0. The Morgan fingerprint density at radius 2 is 1.90 bits per heavy atom. The minimum absolute atomic E-state index is 0.143. The third-order valence-electron chi connectivity index (χ3n) is 2.33. The van der Waals surface area contributed by atoms with Gasteiger partial charge < -0.3 is 4.98 Å². The molecule has 9 heteroatoms. The third kappa shape index (κ3) is 2.88. The summed E-state index contributed by atoms with van der Waals surface area (Å²) in [6.07, 6.45) is 2.21. The summed E-state index contributed by atoms with van der Waals surface area (Å²) < 4.78 is 52.4. The maximum Gasteiger partial charge on any atom is 0.267 e. The van der Waals surface area contributed by atoms with Crippen molar-refractivity contribution in [2.75, 3.05) is 4.72 Å². The lowest BCUT2D eigenvalue weighted by atomic mass is 10.3. The van der Waals surface area contributed by atoms with Gasteiger partial charge >= 0.3 is 0 Å². The molecule has 1 aromatic heterocycles. The molecule has 0 amide bonds. The number of benzene rings is 1. The molecule has 1 aromatic carbocycles. The molecule has 0 bridgehead atoms. The number of sulfonamides is 1. The number of H-pyrrole nitrogens is 1. The van der Waals surface area contributed by atoms with Gasteiger partial charge in [-0.1, -0.05) is 0 Å². The van der Waals surface area contributed by atoms with Crippen LogP contribution in [-0.2, 0) is 10.0 Å². The molecular formula is C11H7BrF2N2O3S. The maximum atomic E-state index is 13.6. The van der Waals surface area contributed by atoms with Crippen LogP contribution < -0.4 is 10.2 Å². The summed E-state index contributed by atoms with van der Waals surface area (Å²) in [5, 5.41) is 0. The van der Waals surface area contributed by atoms with Crippen LogP contribution in [0.2, 0.25) is 0 Å². The second-order valence-electron chi connectivity index (χ2n) is 3.72. The molecule has 1 heterocycles. The Bertz CT molecular complexity index is 821. The fraction of sp³-hybridized carbons (Fsp3) is 0. The first-order valence-corrected chi connectivity index (χ1v) is 7.43. The largest absolute Gasteiger partial charge is 0.366 e. The van der Waals surface area contributed by atoms with Crippen molar-refractivity contribution in [3.8, 4) is 0 Å². The van der Waals surface area contributed by atoms with Crippen molar-refractivity contribution in [2.24, 2.45) is 0 Å². The average molecular weight is 365 g/mol. The minimum Gasteiger partial charge on any atom is -0.366 e. The fourth-order valence-corrected chi connectivity index (χ4v) is 2.84. The molecule has 106 valence electrons. The predicted octanol–water partition coefficient (Wildman–Crippen LogP) is 2.22. The first kappa shape index (κ1) is 14.7. The van der Waals surface area contributed by atoms with E-state index in [1.807, 2.05) is 4.72 Å². The van der Waals surface area contributed by atoms with Crippen LogP contribution in [0.15, 0.2) is 44.8 Å². The van der Waals surface area contributed by atoms with Crippen molar-refractivity contribution < 1.29 is 17.2 Å². The second-order valence-corrected chi connectivity index (χ2v) is 6.23. The average Bonchev–Trinajstić information content (AvgIpc) is 2.36. The van der Waals surface area contributed by atoms with Crippen molar-refractivity contribution in [1.29, 1.82) is 0 Å². The number of anilines is 1. The molecule has 0 saturated carbocycles. The highest BCUT2D eigenvalue weighted by Gasteiger charge is 2.20. The molecule has 0 aliphatic heterocycles. The van der Waals surface area contributed by atoms with Gasteiger partial charge in [0.1, 0.15) is 11.6 Å². The van der Waals surface area contributed by atoms with Crippen LogP contribution in [-0.4, -0.2) is 13.4 Å². The number of halogens is 3. The van der Waals surface area contributed by atoms with E-state index in [2.05, 4.69) is 20.9 Å². The molecule has 0 saturated heterocycles. The van der Waals surface area contributed by atoms with Gasteiger partial charge in [0.05, 0.1) is 10.2 Å². The molecule has 0 radical (unpaired) electrons. The van der Waals surface area contributed by atoms with E-state index in [4.69, 9.17) is 0 Å².